The van der Waals surface area contributed by atoms with E-state index in [-0.39, 0.29) is 11.8 Å². The number of carbonyl (C=O) groups is 2. The molecule has 1 atom stereocenters. The number of β-lactam (4-membered cyclic amide) rings is 1. The number of rotatable bonds is 10. The first-order valence-electron chi connectivity index (χ1n) is 7.10. The normalized spacial score (nSPS) is 19.0. The molecule has 1 fully saturated rings. The zero-order valence-electron chi connectivity index (χ0n) is 11.0. The first-order valence-corrected chi connectivity index (χ1v) is 7.10. The summed E-state index contributed by atoms with van der Waals surface area (Å²) in [4.78, 5) is 21.7. The molecule has 0 aliphatic carbocycles. The third-order valence-electron chi connectivity index (χ3n) is 3.44. The fraction of sp³-hybridized carbons (Fsp3) is 0.857. The summed E-state index contributed by atoms with van der Waals surface area (Å²) in [5, 5.41) is 2.63. The first kappa shape index (κ1) is 14.2. The van der Waals surface area contributed by atoms with Crippen molar-refractivity contribution in [3.05, 3.63) is 0 Å². The lowest BCUT2D eigenvalue weighted by molar-refractivity contribution is -0.147. The summed E-state index contributed by atoms with van der Waals surface area (Å²) in [6, 6.07) is -0.160. The minimum Gasteiger partial charge on any atom is -0.339 e. The molecule has 17 heavy (non-hydrogen) atoms. The van der Waals surface area contributed by atoms with Crippen molar-refractivity contribution in [2.75, 3.05) is 0 Å². The van der Waals surface area contributed by atoms with Crippen LogP contribution in [-0.2, 0) is 9.59 Å². The third kappa shape index (κ3) is 5.33. The molecule has 0 spiro atoms. The number of nitrogens with one attached hydrogen (secondary N) is 1. The highest BCUT2D eigenvalue weighted by atomic mass is 16.2. The van der Waals surface area contributed by atoms with E-state index in [2.05, 4.69) is 12.2 Å². The zero-order valence-corrected chi connectivity index (χ0v) is 11.0. The van der Waals surface area contributed by atoms with Crippen LogP contribution >= 0.6 is 0 Å². The fourth-order valence-electron chi connectivity index (χ4n) is 2.24. The Labute approximate surface area is 104 Å². The largest absolute Gasteiger partial charge is 0.339 e. The van der Waals surface area contributed by atoms with Gasteiger partial charge in [0.15, 0.2) is 0 Å². The van der Waals surface area contributed by atoms with Crippen LogP contribution in [0.2, 0.25) is 0 Å². The van der Waals surface area contributed by atoms with Crippen LogP contribution in [0, 0.1) is 0 Å². The van der Waals surface area contributed by atoms with Crippen LogP contribution in [0.25, 0.3) is 0 Å². The molecule has 0 aromatic rings. The van der Waals surface area contributed by atoms with Gasteiger partial charge in [0.2, 0.25) is 5.78 Å². The van der Waals surface area contributed by atoms with Gasteiger partial charge in [-0.2, -0.15) is 0 Å². The molecule has 1 amide bonds. The molecular formula is C14H25NO2. The van der Waals surface area contributed by atoms with Crippen molar-refractivity contribution < 1.29 is 9.59 Å². The van der Waals surface area contributed by atoms with Gasteiger partial charge < -0.3 is 5.32 Å². The van der Waals surface area contributed by atoms with E-state index in [0.29, 0.717) is 0 Å². The fourth-order valence-corrected chi connectivity index (χ4v) is 2.24. The third-order valence-corrected chi connectivity index (χ3v) is 3.44. The summed E-state index contributed by atoms with van der Waals surface area (Å²) in [7, 11) is 0. The maximum atomic E-state index is 11.0. The van der Waals surface area contributed by atoms with Crippen LogP contribution in [0.15, 0.2) is 0 Å². The Morgan fingerprint density at radius 3 is 1.88 bits per heavy atom. The van der Waals surface area contributed by atoms with Crippen molar-refractivity contribution >= 4 is 11.7 Å². The highest BCUT2D eigenvalue weighted by molar-refractivity contribution is 6.44. The van der Waals surface area contributed by atoms with Gasteiger partial charge in [-0.25, -0.2) is 0 Å². The lowest BCUT2D eigenvalue weighted by atomic mass is 9.97. The highest BCUT2D eigenvalue weighted by Crippen LogP contribution is 2.13. The van der Waals surface area contributed by atoms with E-state index >= 15 is 0 Å². The molecule has 0 aromatic heterocycles. The van der Waals surface area contributed by atoms with Crippen LogP contribution in [0.5, 0.6) is 0 Å². The lowest BCUT2D eigenvalue weighted by Gasteiger charge is -2.24. The predicted octanol–water partition coefficient (Wildman–Crippen LogP) is 2.97. The van der Waals surface area contributed by atoms with Crippen molar-refractivity contribution in [1.82, 2.24) is 5.32 Å². The Bertz CT molecular complexity index is 251. The van der Waals surface area contributed by atoms with Gasteiger partial charge in [0.25, 0.3) is 5.91 Å². The summed E-state index contributed by atoms with van der Waals surface area (Å²) in [5.41, 5.74) is 0. The Hall–Kier alpha value is -0.860. The number of hydrogen-bond donors (Lipinski definition) is 1. The molecule has 1 aliphatic rings. The molecule has 1 rings (SSSR count). The number of unbranched alkanes of at least 4 members (excludes halogenated alkanes) is 8. The van der Waals surface area contributed by atoms with Crippen molar-refractivity contribution in [2.24, 2.45) is 0 Å². The monoisotopic (exact) mass is 239 g/mol. The molecular weight excluding hydrogens is 214 g/mol. The SMILES string of the molecule is CCCCCCCCCCCC1NC(=O)C1=O. The van der Waals surface area contributed by atoms with Crippen LogP contribution in [0.4, 0.5) is 0 Å². The molecule has 0 aromatic carbocycles. The Morgan fingerprint density at radius 2 is 1.41 bits per heavy atom. The molecule has 3 heteroatoms. The number of Topliss-reactive ketones (excluding diaryl/α,β-unsaturated/α-hetero) is 1. The summed E-state index contributed by atoms with van der Waals surface area (Å²) in [6.45, 7) is 2.24. The molecule has 0 radical (unpaired) electrons. The van der Waals surface area contributed by atoms with Crippen molar-refractivity contribution in [3.8, 4) is 0 Å². The van der Waals surface area contributed by atoms with Gasteiger partial charge in [0.1, 0.15) is 0 Å². The smallest absolute Gasteiger partial charge is 0.290 e. The second-order valence-electron chi connectivity index (χ2n) is 5.01. The maximum absolute atomic E-state index is 11.0. The van der Waals surface area contributed by atoms with E-state index in [9.17, 15) is 9.59 Å². The molecule has 98 valence electrons. The van der Waals surface area contributed by atoms with Gasteiger partial charge in [-0.3, -0.25) is 9.59 Å². The van der Waals surface area contributed by atoms with E-state index in [4.69, 9.17) is 0 Å². The van der Waals surface area contributed by atoms with E-state index < -0.39 is 5.91 Å². The first-order chi connectivity index (χ1) is 8.25. The van der Waals surface area contributed by atoms with E-state index in [0.717, 1.165) is 12.8 Å². The molecule has 1 heterocycles. The standard InChI is InChI=1S/C14H25NO2/c1-2-3-4-5-6-7-8-9-10-11-12-13(16)14(17)15-12/h12H,2-11H2,1H3,(H,15,17). The number of carbonyl (C=O) groups excluding carboxylic acids is 2. The second kappa shape index (κ2) is 8.26. The maximum Gasteiger partial charge on any atom is 0.290 e. The molecule has 1 N–H and O–H groups in total. The van der Waals surface area contributed by atoms with Gasteiger partial charge >= 0.3 is 0 Å². The zero-order chi connectivity index (χ0) is 12.5. The minimum atomic E-state index is -0.397. The topological polar surface area (TPSA) is 46.2 Å². The summed E-state index contributed by atoms with van der Waals surface area (Å²) < 4.78 is 0. The van der Waals surface area contributed by atoms with Gasteiger partial charge in [0, 0.05) is 0 Å². The van der Waals surface area contributed by atoms with E-state index in [1.54, 1.807) is 0 Å². The Kier molecular flexibility index (Phi) is 6.90. The van der Waals surface area contributed by atoms with Crippen LogP contribution in [0.3, 0.4) is 0 Å². The quantitative estimate of drug-likeness (QED) is 0.362. The number of ketones is 1. The average molecular weight is 239 g/mol. The minimum absolute atomic E-state index is 0.160. The molecule has 0 bridgehead atoms. The van der Waals surface area contributed by atoms with Gasteiger partial charge in [-0.1, -0.05) is 64.7 Å². The van der Waals surface area contributed by atoms with Crippen molar-refractivity contribution in [2.45, 2.75) is 77.2 Å². The van der Waals surface area contributed by atoms with Crippen LogP contribution in [-0.4, -0.2) is 17.7 Å². The van der Waals surface area contributed by atoms with E-state index in [1.165, 1.54) is 51.4 Å². The molecule has 1 aliphatic heterocycles. The second-order valence-corrected chi connectivity index (χ2v) is 5.01. The van der Waals surface area contributed by atoms with Gasteiger partial charge in [-0.05, 0) is 6.42 Å². The summed E-state index contributed by atoms with van der Waals surface area (Å²) >= 11 is 0. The van der Waals surface area contributed by atoms with Gasteiger partial charge in [-0.15, -0.1) is 0 Å². The predicted molar refractivity (Wildman–Crippen MR) is 68.8 cm³/mol. The summed E-state index contributed by atoms with van der Waals surface area (Å²) in [6.07, 6.45) is 12.4. The van der Waals surface area contributed by atoms with Crippen LogP contribution in [0.1, 0.15) is 71.1 Å². The molecule has 0 saturated carbocycles. The van der Waals surface area contributed by atoms with E-state index in [1.807, 2.05) is 0 Å². The summed E-state index contributed by atoms with van der Waals surface area (Å²) in [5.74, 6) is -0.615. The highest BCUT2D eigenvalue weighted by Gasteiger charge is 2.35. The molecule has 1 saturated heterocycles. The molecule has 3 nitrogen and oxygen atoms in total. The van der Waals surface area contributed by atoms with Crippen LogP contribution < -0.4 is 5.32 Å². The lowest BCUT2D eigenvalue weighted by Crippen LogP contribution is -2.58. The number of amides is 1. The molecule has 1 unspecified atom stereocenters. The Balaban J connectivity index is 1.79. The van der Waals surface area contributed by atoms with Crippen molar-refractivity contribution in [3.63, 3.8) is 0 Å². The average Bonchev–Trinajstić information content (AvgIpc) is 2.35. The number of hydrogen-bond acceptors (Lipinski definition) is 2. The Morgan fingerprint density at radius 1 is 0.882 bits per heavy atom. The van der Waals surface area contributed by atoms with Gasteiger partial charge in [0.05, 0.1) is 6.04 Å². The van der Waals surface area contributed by atoms with Crippen molar-refractivity contribution in [1.29, 1.82) is 0 Å².